The number of carbonyl (C=O) groups is 1. The van der Waals surface area contributed by atoms with E-state index in [1.807, 2.05) is 24.3 Å². The van der Waals surface area contributed by atoms with E-state index < -0.39 is 0 Å². The Kier molecular flexibility index (Phi) is 2.35. The first-order valence-electron chi connectivity index (χ1n) is 6.20. The number of hydrogen-bond donors (Lipinski definition) is 1. The normalized spacial score (nSPS) is 20.8. The molecule has 0 radical (unpaired) electrons. The number of ether oxygens (including phenoxy) is 1. The Balaban J connectivity index is 1.78. The molecule has 17 heavy (non-hydrogen) atoms. The van der Waals surface area contributed by atoms with Crippen LogP contribution in [0.5, 0.6) is 5.75 Å². The van der Waals surface area contributed by atoms with Crippen LogP contribution >= 0.6 is 0 Å². The van der Waals surface area contributed by atoms with E-state index in [2.05, 4.69) is 5.32 Å². The zero-order valence-corrected chi connectivity index (χ0v) is 10.0. The fourth-order valence-corrected chi connectivity index (χ4v) is 2.23. The number of methoxy groups -OCH3 is 1. The molecule has 2 aliphatic carbocycles. The highest BCUT2D eigenvalue weighted by Gasteiger charge is 2.52. The maximum atomic E-state index is 12.2. The number of benzene rings is 1. The molecule has 2 saturated carbocycles. The molecule has 3 heteroatoms. The predicted octanol–water partition coefficient (Wildman–Crippen LogP) is 2.01. The first kappa shape index (κ1) is 10.6. The van der Waals surface area contributed by atoms with Crippen molar-refractivity contribution in [3.05, 3.63) is 29.8 Å². The molecule has 0 aliphatic heterocycles. The largest absolute Gasteiger partial charge is 0.497 e. The highest BCUT2D eigenvalue weighted by Crippen LogP contribution is 2.49. The summed E-state index contributed by atoms with van der Waals surface area (Å²) in [5, 5.41) is 3.11. The molecule has 3 rings (SSSR count). The van der Waals surface area contributed by atoms with Gasteiger partial charge in [0.2, 0.25) is 5.91 Å². The number of hydrogen-bond acceptors (Lipinski definition) is 2. The molecule has 1 aromatic carbocycles. The molecule has 0 bridgehead atoms. The van der Waals surface area contributed by atoms with Crippen LogP contribution in [-0.4, -0.2) is 19.1 Å². The maximum Gasteiger partial charge on any atom is 0.230 e. The molecule has 1 aromatic rings. The van der Waals surface area contributed by atoms with Crippen molar-refractivity contribution in [3.8, 4) is 5.75 Å². The van der Waals surface area contributed by atoms with Gasteiger partial charge in [0.15, 0.2) is 0 Å². The van der Waals surface area contributed by atoms with Crippen LogP contribution in [0.15, 0.2) is 24.3 Å². The summed E-state index contributed by atoms with van der Waals surface area (Å²) in [6.07, 6.45) is 4.23. The lowest BCUT2D eigenvalue weighted by molar-refractivity contribution is -0.123. The van der Waals surface area contributed by atoms with Gasteiger partial charge in [-0.3, -0.25) is 4.79 Å². The monoisotopic (exact) mass is 231 g/mol. The summed E-state index contributed by atoms with van der Waals surface area (Å²) in [5.74, 6) is 1.05. The number of rotatable bonds is 4. The SMILES string of the molecule is COc1ccc(C2(C(=O)NC3CC3)CC2)cc1. The van der Waals surface area contributed by atoms with Crippen molar-refractivity contribution in [1.29, 1.82) is 0 Å². The highest BCUT2D eigenvalue weighted by atomic mass is 16.5. The predicted molar refractivity (Wildman–Crippen MR) is 65.1 cm³/mol. The van der Waals surface area contributed by atoms with Crippen molar-refractivity contribution in [2.24, 2.45) is 0 Å². The summed E-state index contributed by atoms with van der Waals surface area (Å²) in [4.78, 5) is 12.2. The minimum absolute atomic E-state index is 0.213. The van der Waals surface area contributed by atoms with Crippen molar-refractivity contribution in [2.75, 3.05) is 7.11 Å². The molecular formula is C14H17NO2. The Morgan fingerprint density at radius 2 is 1.94 bits per heavy atom. The molecule has 2 fully saturated rings. The van der Waals surface area contributed by atoms with E-state index in [-0.39, 0.29) is 11.3 Å². The van der Waals surface area contributed by atoms with E-state index in [9.17, 15) is 4.79 Å². The third-order valence-corrected chi connectivity index (χ3v) is 3.74. The molecule has 1 amide bonds. The molecule has 2 aliphatic rings. The second kappa shape index (κ2) is 3.76. The Morgan fingerprint density at radius 1 is 1.29 bits per heavy atom. The summed E-state index contributed by atoms with van der Waals surface area (Å²) in [6.45, 7) is 0. The van der Waals surface area contributed by atoms with Crippen LogP contribution in [0.1, 0.15) is 31.2 Å². The molecule has 0 atom stereocenters. The molecular weight excluding hydrogens is 214 g/mol. The Hall–Kier alpha value is -1.51. The Bertz CT molecular complexity index is 430. The highest BCUT2D eigenvalue weighted by molar-refractivity contribution is 5.91. The summed E-state index contributed by atoms with van der Waals surface area (Å²) < 4.78 is 5.14. The minimum Gasteiger partial charge on any atom is -0.497 e. The van der Waals surface area contributed by atoms with Crippen molar-refractivity contribution in [3.63, 3.8) is 0 Å². The van der Waals surface area contributed by atoms with E-state index >= 15 is 0 Å². The molecule has 0 aromatic heterocycles. The van der Waals surface area contributed by atoms with Crippen molar-refractivity contribution < 1.29 is 9.53 Å². The topological polar surface area (TPSA) is 38.3 Å². The third-order valence-electron chi connectivity index (χ3n) is 3.74. The lowest BCUT2D eigenvalue weighted by atomic mass is 9.95. The summed E-state index contributed by atoms with van der Waals surface area (Å²) in [6, 6.07) is 8.33. The van der Waals surface area contributed by atoms with E-state index in [4.69, 9.17) is 4.74 Å². The molecule has 0 heterocycles. The van der Waals surface area contributed by atoms with Crippen LogP contribution < -0.4 is 10.1 Å². The van der Waals surface area contributed by atoms with Gasteiger partial charge in [-0.1, -0.05) is 12.1 Å². The third kappa shape index (κ3) is 1.90. The van der Waals surface area contributed by atoms with Crippen molar-refractivity contribution in [1.82, 2.24) is 5.32 Å². The smallest absolute Gasteiger partial charge is 0.230 e. The van der Waals surface area contributed by atoms with Gasteiger partial charge in [0, 0.05) is 6.04 Å². The number of amides is 1. The Morgan fingerprint density at radius 3 is 2.41 bits per heavy atom. The fourth-order valence-electron chi connectivity index (χ4n) is 2.23. The maximum absolute atomic E-state index is 12.2. The van der Waals surface area contributed by atoms with E-state index in [1.165, 1.54) is 0 Å². The van der Waals surface area contributed by atoms with Crippen LogP contribution in [0.3, 0.4) is 0 Å². The average Bonchev–Trinajstić information content (AvgIpc) is 3.23. The van der Waals surface area contributed by atoms with E-state index in [0.29, 0.717) is 6.04 Å². The molecule has 0 saturated heterocycles. The molecule has 1 N–H and O–H groups in total. The van der Waals surface area contributed by atoms with Gasteiger partial charge in [-0.2, -0.15) is 0 Å². The lowest BCUT2D eigenvalue weighted by Gasteiger charge is -2.15. The van der Waals surface area contributed by atoms with Crippen LogP contribution in [0.2, 0.25) is 0 Å². The Labute approximate surface area is 101 Å². The van der Waals surface area contributed by atoms with Crippen LogP contribution in [-0.2, 0) is 10.2 Å². The van der Waals surface area contributed by atoms with Gasteiger partial charge in [0.1, 0.15) is 5.75 Å². The van der Waals surface area contributed by atoms with Gasteiger partial charge in [0.25, 0.3) is 0 Å². The van der Waals surface area contributed by atoms with Gasteiger partial charge >= 0.3 is 0 Å². The zero-order valence-electron chi connectivity index (χ0n) is 10.0. The second-order valence-electron chi connectivity index (χ2n) is 5.06. The second-order valence-corrected chi connectivity index (χ2v) is 5.06. The van der Waals surface area contributed by atoms with Crippen LogP contribution in [0.25, 0.3) is 0 Å². The van der Waals surface area contributed by atoms with Gasteiger partial charge in [-0.05, 0) is 43.4 Å². The fraction of sp³-hybridized carbons (Fsp3) is 0.500. The van der Waals surface area contributed by atoms with Crippen molar-refractivity contribution >= 4 is 5.91 Å². The van der Waals surface area contributed by atoms with Gasteiger partial charge in [0.05, 0.1) is 12.5 Å². The van der Waals surface area contributed by atoms with Crippen molar-refractivity contribution in [2.45, 2.75) is 37.1 Å². The quantitative estimate of drug-likeness (QED) is 0.860. The molecule has 90 valence electrons. The lowest BCUT2D eigenvalue weighted by Crippen LogP contribution is -2.36. The van der Waals surface area contributed by atoms with Crippen LogP contribution in [0.4, 0.5) is 0 Å². The number of carbonyl (C=O) groups excluding carboxylic acids is 1. The molecule has 0 unspecified atom stereocenters. The standard InChI is InChI=1S/C14H17NO2/c1-17-12-6-2-10(3-7-12)14(8-9-14)13(16)15-11-4-5-11/h2-3,6-7,11H,4-5,8-9H2,1H3,(H,15,16). The van der Waals surface area contributed by atoms with E-state index in [1.54, 1.807) is 7.11 Å². The van der Waals surface area contributed by atoms with Crippen LogP contribution in [0, 0.1) is 0 Å². The summed E-state index contributed by atoms with van der Waals surface area (Å²) >= 11 is 0. The zero-order chi connectivity index (χ0) is 11.9. The van der Waals surface area contributed by atoms with E-state index in [0.717, 1.165) is 37.0 Å². The van der Waals surface area contributed by atoms with Gasteiger partial charge in [-0.25, -0.2) is 0 Å². The number of nitrogens with one attached hydrogen (secondary N) is 1. The first-order valence-corrected chi connectivity index (χ1v) is 6.20. The molecule has 3 nitrogen and oxygen atoms in total. The summed E-state index contributed by atoms with van der Waals surface area (Å²) in [7, 11) is 1.65. The van der Waals surface area contributed by atoms with Gasteiger partial charge < -0.3 is 10.1 Å². The van der Waals surface area contributed by atoms with Gasteiger partial charge in [-0.15, -0.1) is 0 Å². The average molecular weight is 231 g/mol. The molecule has 0 spiro atoms. The summed E-state index contributed by atoms with van der Waals surface area (Å²) in [5.41, 5.74) is 0.881. The minimum atomic E-state index is -0.241. The first-order chi connectivity index (χ1) is 8.24.